The molecule has 0 unspecified atom stereocenters. The van der Waals surface area contributed by atoms with Gasteiger partial charge in [-0.05, 0) is 92.1 Å². The van der Waals surface area contributed by atoms with Gasteiger partial charge in [-0.2, -0.15) is 0 Å². The fourth-order valence-corrected chi connectivity index (χ4v) is 5.95. The molecule has 206 valence electrons. The van der Waals surface area contributed by atoms with E-state index in [1.54, 1.807) is 12.3 Å². The summed E-state index contributed by atoms with van der Waals surface area (Å²) >= 11 is 12.6. The van der Waals surface area contributed by atoms with Gasteiger partial charge in [0.1, 0.15) is 6.61 Å². The van der Waals surface area contributed by atoms with Crippen molar-refractivity contribution in [1.29, 1.82) is 0 Å². The van der Waals surface area contributed by atoms with Crippen LogP contribution in [-0.2, 0) is 16.0 Å². The Morgan fingerprint density at radius 1 is 1.10 bits per heavy atom. The molecule has 0 radical (unpaired) electrons. The van der Waals surface area contributed by atoms with Crippen molar-refractivity contribution in [3.63, 3.8) is 0 Å². The third kappa shape index (κ3) is 5.35. The van der Waals surface area contributed by atoms with Crippen molar-refractivity contribution < 1.29 is 9.53 Å². The molecule has 2 N–H and O–H groups in total. The first-order valence-corrected chi connectivity index (χ1v) is 14.0. The second-order valence-electron chi connectivity index (χ2n) is 9.82. The van der Waals surface area contributed by atoms with Gasteiger partial charge < -0.3 is 24.8 Å². The molecule has 0 bridgehead atoms. The standard InChI is InChI=1S/C31H32ClN5O2S/c1-5-21-9-11-22(12-10-21)36-19(2)16-24(20(36)3)30-29(27-8-6-7-15-33-27)35-31(40)37(30)23-13-14-26(25(32)17-23)34-28(38)18-39-4/h6-17,29-30H,5,18H2,1-4H3,(H,34,38)(H,35,40)/t29-,30+/m1/s1. The van der Waals surface area contributed by atoms with E-state index in [9.17, 15) is 4.79 Å². The number of hydrogen-bond donors (Lipinski definition) is 2. The molecule has 0 saturated carbocycles. The molecule has 7 nitrogen and oxygen atoms in total. The van der Waals surface area contributed by atoms with Crippen LogP contribution in [0.4, 0.5) is 11.4 Å². The maximum Gasteiger partial charge on any atom is 0.250 e. The molecule has 5 rings (SSSR count). The number of carbonyl (C=O) groups is 1. The highest BCUT2D eigenvalue weighted by Gasteiger charge is 2.42. The molecule has 1 fully saturated rings. The fraction of sp³-hybridized carbons (Fsp3) is 0.258. The van der Waals surface area contributed by atoms with Crippen LogP contribution >= 0.6 is 23.8 Å². The zero-order valence-electron chi connectivity index (χ0n) is 22.9. The number of ether oxygens (including phenoxy) is 1. The van der Waals surface area contributed by atoms with Gasteiger partial charge in [0.05, 0.1) is 28.5 Å². The highest BCUT2D eigenvalue weighted by molar-refractivity contribution is 7.80. The second-order valence-corrected chi connectivity index (χ2v) is 10.6. The number of anilines is 2. The van der Waals surface area contributed by atoms with E-state index in [1.165, 1.54) is 12.7 Å². The average Bonchev–Trinajstić information content (AvgIpc) is 3.45. The average molecular weight is 574 g/mol. The Morgan fingerprint density at radius 3 is 2.50 bits per heavy atom. The van der Waals surface area contributed by atoms with Crippen molar-refractivity contribution in [1.82, 2.24) is 14.9 Å². The Labute approximate surface area is 245 Å². The summed E-state index contributed by atoms with van der Waals surface area (Å²) in [6, 6.07) is 22.0. The summed E-state index contributed by atoms with van der Waals surface area (Å²) < 4.78 is 7.20. The molecule has 1 saturated heterocycles. The summed E-state index contributed by atoms with van der Waals surface area (Å²) in [7, 11) is 1.47. The smallest absolute Gasteiger partial charge is 0.250 e. The molecule has 9 heteroatoms. The van der Waals surface area contributed by atoms with E-state index in [4.69, 9.17) is 28.6 Å². The van der Waals surface area contributed by atoms with Crippen LogP contribution in [0.15, 0.2) is 72.9 Å². The summed E-state index contributed by atoms with van der Waals surface area (Å²) in [4.78, 5) is 18.8. The lowest BCUT2D eigenvalue weighted by Gasteiger charge is -2.28. The van der Waals surface area contributed by atoms with Gasteiger partial charge in [-0.3, -0.25) is 9.78 Å². The minimum Gasteiger partial charge on any atom is -0.375 e. The van der Waals surface area contributed by atoms with Gasteiger partial charge >= 0.3 is 0 Å². The SMILES string of the molecule is CCc1ccc(-n2c(C)cc([C@H]3[C@@H](c4ccccn4)NC(=S)N3c3ccc(NC(=O)COC)c(Cl)c3)c2C)cc1. The first-order valence-electron chi connectivity index (χ1n) is 13.2. The molecule has 2 aromatic carbocycles. The first kappa shape index (κ1) is 27.8. The normalized spacial score (nSPS) is 16.7. The number of rotatable bonds is 8. The minimum absolute atomic E-state index is 0.0527. The summed E-state index contributed by atoms with van der Waals surface area (Å²) in [5.74, 6) is -0.275. The number of aromatic nitrogens is 2. The van der Waals surface area contributed by atoms with E-state index in [0.29, 0.717) is 15.8 Å². The Hall–Kier alpha value is -3.72. The quantitative estimate of drug-likeness (QED) is 0.236. The van der Waals surface area contributed by atoms with Crippen LogP contribution in [0.5, 0.6) is 0 Å². The molecule has 0 aliphatic carbocycles. The van der Waals surface area contributed by atoms with Gasteiger partial charge in [0.25, 0.3) is 0 Å². The molecule has 40 heavy (non-hydrogen) atoms. The molecular formula is C31H32ClN5O2S. The number of halogens is 1. The summed E-state index contributed by atoms with van der Waals surface area (Å²) in [5.41, 5.74) is 8.02. The maximum absolute atomic E-state index is 12.1. The van der Waals surface area contributed by atoms with Crippen molar-refractivity contribution in [2.24, 2.45) is 0 Å². The van der Waals surface area contributed by atoms with E-state index < -0.39 is 0 Å². The number of carbonyl (C=O) groups excluding carboxylic acids is 1. The Balaban J connectivity index is 1.59. The first-order chi connectivity index (χ1) is 19.3. The highest BCUT2D eigenvalue weighted by Crippen LogP contribution is 2.44. The van der Waals surface area contributed by atoms with Crippen LogP contribution < -0.4 is 15.5 Å². The largest absolute Gasteiger partial charge is 0.375 e. The van der Waals surface area contributed by atoms with Crippen molar-refractivity contribution >= 4 is 46.2 Å². The predicted octanol–water partition coefficient (Wildman–Crippen LogP) is 6.47. The number of amides is 1. The summed E-state index contributed by atoms with van der Waals surface area (Å²) in [5, 5.41) is 7.29. The molecule has 3 heterocycles. The topological polar surface area (TPSA) is 71.4 Å². The lowest BCUT2D eigenvalue weighted by atomic mass is 9.96. The predicted molar refractivity (Wildman–Crippen MR) is 165 cm³/mol. The summed E-state index contributed by atoms with van der Waals surface area (Å²) in [6.45, 7) is 6.38. The number of aryl methyl sites for hydroxylation is 2. The zero-order chi connectivity index (χ0) is 28.4. The van der Waals surface area contributed by atoms with Crippen molar-refractivity contribution in [2.75, 3.05) is 23.9 Å². The molecule has 1 aliphatic rings. The molecule has 1 aliphatic heterocycles. The Bertz CT molecular complexity index is 1540. The number of nitrogens with zero attached hydrogens (tertiary/aromatic N) is 3. The zero-order valence-corrected chi connectivity index (χ0v) is 24.5. The van der Waals surface area contributed by atoms with Crippen LogP contribution in [0.2, 0.25) is 5.02 Å². The van der Waals surface area contributed by atoms with E-state index in [2.05, 4.69) is 76.2 Å². The number of thiocarbonyl (C=S) groups is 1. The Kier molecular flexibility index (Phi) is 8.21. The molecule has 4 aromatic rings. The summed E-state index contributed by atoms with van der Waals surface area (Å²) in [6.07, 6.45) is 2.80. The fourth-order valence-electron chi connectivity index (χ4n) is 5.39. The monoisotopic (exact) mass is 573 g/mol. The van der Waals surface area contributed by atoms with E-state index >= 15 is 0 Å². The van der Waals surface area contributed by atoms with E-state index in [-0.39, 0.29) is 24.6 Å². The third-order valence-electron chi connectivity index (χ3n) is 7.27. The van der Waals surface area contributed by atoms with Gasteiger partial charge in [-0.1, -0.05) is 36.7 Å². The highest BCUT2D eigenvalue weighted by atomic mass is 35.5. The molecule has 0 spiro atoms. The van der Waals surface area contributed by atoms with Crippen LogP contribution in [-0.4, -0.2) is 34.3 Å². The number of pyridine rings is 1. The molecule has 2 aromatic heterocycles. The minimum atomic E-state index is -0.275. The third-order valence-corrected chi connectivity index (χ3v) is 7.90. The number of hydrogen-bond acceptors (Lipinski definition) is 4. The Morgan fingerprint density at radius 2 is 1.85 bits per heavy atom. The number of nitrogens with one attached hydrogen (secondary N) is 2. The van der Waals surface area contributed by atoms with E-state index in [0.717, 1.165) is 40.4 Å². The lowest BCUT2D eigenvalue weighted by Crippen LogP contribution is -2.29. The van der Waals surface area contributed by atoms with E-state index in [1.807, 2.05) is 30.3 Å². The van der Waals surface area contributed by atoms with Gasteiger partial charge in [0, 0.05) is 36.1 Å². The number of benzene rings is 2. The van der Waals surface area contributed by atoms with Gasteiger partial charge in [0.15, 0.2) is 5.11 Å². The molecule has 1 amide bonds. The maximum atomic E-state index is 12.1. The molecule has 2 atom stereocenters. The van der Waals surface area contributed by atoms with Gasteiger partial charge in [-0.25, -0.2) is 0 Å². The van der Waals surface area contributed by atoms with Gasteiger partial charge in [0.2, 0.25) is 5.91 Å². The van der Waals surface area contributed by atoms with Crippen molar-refractivity contribution in [3.8, 4) is 5.69 Å². The second kappa shape index (κ2) is 11.8. The number of methoxy groups -OCH3 is 1. The lowest BCUT2D eigenvalue weighted by molar-refractivity contribution is -0.119. The van der Waals surface area contributed by atoms with Crippen LogP contribution in [0.25, 0.3) is 5.69 Å². The van der Waals surface area contributed by atoms with Gasteiger partial charge in [-0.15, -0.1) is 0 Å². The molecular weight excluding hydrogens is 542 g/mol. The van der Waals surface area contributed by atoms with Crippen LogP contribution in [0, 0.1) is 13.8 Å². The van der Waals surface area contributed by atoms with Crippen molar-refractivity contribution in [3.05, 3.63) is 106 Å². The van der Waals surface area contributed by atoms with Crippen molar-refractivity contribution in [2.45, 2.75) is 39.3 Å². The van der Waals surface area contributed by atoms with Crippen LogP contribution in [0.3, 0.4) is 0 Å². The van der Waals surface area contributed by atoms with Crippen LogP contribution in [0.1, 0.15) is 47.2 Å².